The van der Waals surface area contributed by atoms with Gasteiger partial charge in [0, 0.05) is 24.3 Å². The van der Waals surface area contributed by atoms with Gasteiger partial charge in [-0.25, -0.2) is 9.07 Å². The summed E-state index contributed by atoms with van der Waals surface area (Å²) in [4.78, 5) is 14.8. The first-order chi connectivity index (χ1) is 12.5. The number of halogens is 2. The van der Waals surface area contributed by atoms with Gasteiger partial charge in [0.1, 0.15) is 5.82 Å². The van der Waals surface area contributed by atoms with Gasteiger partial charge in [0.05, 0.1) is 17.8 Å². The molecule has 1 saturated heterocycles. The highest BCUT2D eigenvalue weighted by atomic mass is 35.5. The van der Waals surface area contributed by atoms with E-state index in [1.165, 1.54) is 18.6 Å². The highest BCUT2D eigenvalue weighted by Crippen LogP contribution is 2.21. The standard InChI is InChI=1S/C20H27FN4O.ClH/c1-14-19(11-20(26)24-10-4-5-16(13-24)12-22-3)15(2)25(23-14)18-8-6-17(21)7-9-18;/h6-9,16,22H,4-5,10-13H2,1-3H3;1H. The number of piperidine rings is 1. The lowest BCUT2D eigenvalue weighted by Crippen LogP contribution is -2.43. The summed E-state index contributed by atoms with van der Waals surface area (Å²) in [6.07, 6.45) is 2.60. The molecule has 1 aliphatic rings. The zero-order valence-corrected chi connectivity index (χ0v) is 17.0. The maximum absolute atomic E-state index is 13.2. The number of likely N-dealkylation sites (tertiary alicyclic amines) is 1. The van der Waals surface area contributed by atoms with Crippen LogP contribution < -0.4 is 5.32 Å². The molecule has 1 aliphatic heterocycles. The third-order valence-electron chi connectivity index (χ3n) is 5.20. The van der Waals surface area contributed by atoms with Gasteiger partial charge in [-0.3, -0.25) is 4.79 Å². The normalized spacial score (nSPS) is 16.9. The fourth-order valence-electron chi connectivity index (χ4n) is 3.77. The molecular formula is C20H28ClFN4O. The Hall–Kier alpha value is -1.92. The van der Waals surface area contributed by atoms with Crippen LogP contribution >= 0.6 is 12.4 Å². The number of aryl methyl sites for hydroxylation is 1. The number of hydrogen-bond acceptors (Lipinski definition) is 3. The molecule has 1 unspecified atom stereocenters. The minimum Gasteiger partial charge on any atom is -0.342 e. The first-order valence-electron chi connectivity index (χ1n) is 9.23. The van der Waals surface area contributed by atoms with E-state index < -0.39 is 0 Å². The molecule has 7 heteroatoms. The van der Waals surface area contributed by atoms with Crippen molar-refractivity contribution in [3.05, 3.63) is 47.0 Å². The van der Waals surface area contributed by atoms with Crippen LogP contribution in [0.3, 0.4) is 0 Å². The van der Waals surface area contributed by atoms with E-state index in [4.69, 9.17) is 0 Å². The topological polar surface area (TPSA) is 50.2 Å². The third-order valence-corrected chi connectivity index (χ3v) is 5.20. The second-order valence-corrected chi connectivity index (χ2v) is 7.12. The van der Waals surface area contributed by atoms with Gasteiger partial charge in [0.15, 0.2) is 0 Å². The van der Waals surface area contributed by atoms with Crippen LogP contribution in [0.25, 0.3) is 5.69 Å². The monoisotopic (exact) mass is 394 g/mol. The summed E-state index contributed by atoms with van der Waals surface area (Å²) >= 11 is 0. The summed E-state index contributed by atoms with van der Waals surface area (Å²) in [5, 5.41) is 7.78. The van der Waals surface area contributed by atoms with Gasteiger partial charge >= 0.3 is 0 Å². The molecule has 1 aromatic heterocycles. The summed E-state index contributed by atoms with van der Waals surface area (Å²) in [5.74, 6) is 0.421. The predicted octanol–water partition coefficient (Wildman–Crippen LogP) is 3.05. The lowest BCUT2D eigenvalue weighted by Gasteiger charge is -2.32. The van der Waals surface area contributed by atoms with Gasteiger partial charge in [0.25, 0.3) is 0 Å². The molecular weight excluding hydrogens is 367 g/mol. The minimum absolute atomic E-state index is 0. The van der Waals surface area contributed by atoms with Crippen molar-refractivity contribution in [3.63, 3.8) is 0 Å². The molecule has 2 aromatic rings. The van der Waals surface area contributed by atoms with E-state index in [-0.39, 0.29) is 24.1 Å². The number of carbonyl (C=O) groups is 1. The predicted molar refractivity (Wildman–Crippen MR) is 107 cm³/mol. The van der Waals surface area contributed by atoms with Crippen LogP contribution in [0.2, 0.25) is 0 Å². The van der Waals surface area contributed by atoms with Crippen molar-refractivity contribution >= 4 is 18.3 Å². The van der Waals surface area contributed by atoms with E-state index in [9.17, 15) is 9.18 Å². The van der Waals surface area contributed by atoms with Crippen molar-refractivity contribution in [1.82, 2.24) is 20.0 Å². The largest absolute Gasteiger partial charge is 0.342 e. The average molecular weight is 395 g/mol. The SMILES string of the molecule is CNCC1CCCN(C(=O)Cc2c(C)nn(-c3ccc(F)cc3)c2C)C1.Cl. The van der Waals surface area contributed by atoms with Gasteiger partial charge in [0.2, 0.25) is 5.91 Å². The number of rotatable bonds is 5. The minimum atomic E-state index is -0.271. The zero-order chi connectivity index (χ0) is 18.7. The summed E-state index contributed by atoms with van der Waals surface area (Å²) in [6.45, 7) is 6.50. The number of benzene rings is 1. The Kier molecular flexibility index (Phi) is 7.39. The van der Waals surface area contributed by atoms with Crippen molar-refractivity contribution in [3.8, 4) is 5.69 Å². The molecule has 1 aromatic carbocycles. The van der Waals surface area contributed by atoms with Crippen LogP contribution in [-0.2, 0) is 11.2 Å². The van der Waals surface area contributed by atoms with E-state index in [2.05, 4.69) is 10.4 Å². The maximum Gasteiger partial charge on any atom is 0.227 e. The molecule has 1 N–H and O–H groups in total. The van der Waals surface area contributed by atoms with Gasteiger partial charge in [-0.15, -0.1) is 12.4 Å². The number of carbonyl (C=O) groups excluding carboxylic acids is 1. The Morgan fingerprint density at radius 3 is 2.67 bits per heavy atom. The van der Waals surface area contributed by atoms with Gasteiger partial charge in [-0.05, 0) is 70.5 Å². The Balaban J connectivity index is 0.00000261. The number of nitrogens with one attached hydrogen (secondary N) is 1. The van der Waals surface area contributed by atoms with E-state index in [1.54, 1.807) is 16.8 Å². The summed E-state index contributed by atoms with van der Waals surface area (Å²) < 4.78 is 15.0. The smallest absolute Gasteiger partial charge is 0.227 e. The molecule has 0 radical (unpaired) electrons. The van der Waals surface area contributed by atoms with Crippen molar-refractivity contribution in [1.29, 1.82) is 0 Å². The second kappa shape index (κ2) is 9.33. The van der Waals surface area contributed by atoms with E-state index in [0.29, 0.717) is 12.3 Å². The van der Waals surface area contributed by atoms with Gasteiger partial charge < -0.3 is 10.2 Å². The van der Waals surface area contributed by atoms with Crippen molar-refractivity contribution in [2.45, 2.75) is 33.1 Å². The van der Waals surface area contributed by atoms with Crippen LogP contribution in [0.5, 0.6) is 0 Å². The molecule has 2 heterocycles. The maximum atomic E-state index is 13.2. The number of hydrogen-bond donors (Lipinski definition) is 1. The highest BCUT2D eigenvalue weighted by molar-refractivity contribution is 5.85. The molecule has 1 fully saturated rings. The first-order valence-corrected chi connectivity index (χ1v) is 9.23. The van der Waals surface area contributed by atoms with Crippen molar-refractivity contribution in [2.75, 3.05) is 26.7 Å². The molecule has 148 valence electrons. The number of amides is 1. The lowest BCUT2D eigenvalue weighted by atomic mass is 9.97. The fourth-order valence-corrected chi connectivity index (χ4v) is 3.77. The quantitative estimate of drug-likeness (QED) is 0.847. The zero-order valence-electron chi connectivity index (χ0n) is 16.2. The second-order valence-electron chi connectivity index (χ2n) is 7.12. The third kappa shape index (κ3) is 4.87. The van der Waals surface area contributed by atoms with E-state index in [0.717, 1.165) is 48.7 Å². The summed E-state index contributed by atoms with van der Waals surface area (Å²) in [7, 11) is 1.96. The summed E-state index contributed by atoms with van der Waals surface area (Å²) in [5.41, 5.74) is 3.56. The fraction of sp³-hybridized carbons (Fsp3) is 0.500. The van der Waals surface area contributed by atoms with Crippen LogP contribution in [0.1, 0.15) is 29.8 Å². The Morgan fingerprint density at radius 1 is 1.30 bits per heavy atom. The van der Waals surface area contributed by atoms with Crippen LogP contribution in [0, 0.1) is 25.6 Å². The van der Waals surface area contributed by atoms with Gasteiger partial charge in [-0.1, -0.05) is 0 Å². The molecule has 0 bridgehead atoms. The van der Waals surface area contributed by atoms with Crippen LogP contribution in [-0.4, -0.2) is 47.3 Å². The molecule has 0 saturated carbocycles. The molecule has 1 amide bonds. The molecule has 27 heavy (non-hydrogen) atoms. The molecule has 5 nitrogen and oxygen atoms in total. The van der Waals surface area contributed by atoms with Crippen molar-refractivity contribution < 1.29 is 9.18 Å². The Morgan fingerprint density at radius 2 is 2.00 bits per heavy atom. The lowest BCUT2D eigenvalue weighted by molar-refractivity contribution is -0.132. The van der Waals surface area contributed by atoms with Crippen LogP contribution in [0.15, 0.2) is 24.3 Å². The Labute approximate surface area is 166 Å². The average Bonchev–Trinajstić information content (AvgIpc) is 2.91. The highest BCUT2D eigenvalue weighted by Gasteiger charge is 2.25. The van der Waals surface area contributed by atoms with E-state index >= 15 is 0 Å². The first kappa shape index (κ1) is 21.4. The van der Waals surface area contributed by atoms with Gasteiger partial charge in [-0.2, -0.15) is 5.10 Å². The number of aromatic nitrogens is 2. The molecule has 0 aliphatic carbocycles. The molecule has 3 rings (SSSR count). The van der Waals surface area contributed by atoms with Crippen molar-refractivity contribution in [2.24, 2.45) is 5.92 Å². The molecule has 0 spiro atoms. The van der Waals surface area contributed by atoms with E-state index in [1.807, 2.05) is 25.8 Å². The molecule has 1 atom stereocenters. The summed E-state index contributed by atoms with van der Waals surface area (Å²) in [6, 6.07) is 6.25. The Bertz CT molecular complexity index is 773. The van der Waals surface area contributed by atoms with Crippen LogP contribution in [0.4, 0.5) is 4.39 Å². The number of nitrogens with zero attached hydrogens (tertiary/aromatic N) is 3.